The van der Waals surface area contributed by atoms with Crippen molar-refractivity contribution >= 4 is 57.5 Å². The van der Waals surface area contributed by atoms with Gasteiger partial charge in [0.1, 0.15) is 12.1 Å². The molecule has 37 heavy (non-hydrogen) atoms. The van der Waals surface area contributed by atoms with Crippen molar-refractivity contribution in [1.82, 2.24) is 15.2 Å². The van der Waals surface area contributed by atoms with Crippen LogP contribution in [0, 0.1) is 0 Å². The molecule has 4 rings (SSSR count). The lowest BCUT2D eigenvalue weighted by atomic mass is 9.92. The lowest BCUT2D eigenvalue weighted by Gasteiger charge is -2.38. The van der Waals surface area contributed by atoms with Crippen molar-refractivity contribution in [3.8, 4) is 0 Å². The number of nitrogens with zero attached hydrogens (tertiary/aromatic N) is 1. The van der Waals surface area contributed by atoms with Crippen molar-refractivity contribution in [3.63, 3.8) is 0 Å². The number of fused-ring (bicyclic) bond motifs is 3. The summed E-state index contributed by atoms with van der Waals surface area (Å²) in [5.41, 5.74) is 2.75. The molecule has 194 valence electrons. The summed E-state index contributed by atoms with van der Waals surface area (Å²) < 4.78 is 5.16. The maximum Gasteiger partial charge on any atom is 0.328 e. The van der Waals surface area contributed by atoms with Crippen molar-refractivity contribution in [2.45, 2.75) is 51.7 Å². The van der Waals surface area contributed by atoms with Crippen LogP contribution in [-0.2, 0) is 25.5 Å². The number of aromatic nitrogens is 1. The molecule has 0 bridgehead atoms. The third-order valence-corrected chi connectivity index (χ3v) is 6.97. The topological polar surface area (TPSA) is 91.5 Å². The van der Waals surface area contributed by atoms with E-state index in [1.54, 1.807) is 18.2 Å². The number of benzene rings is 2. The first-order valence-electron chi connectivity index (χ1n) is 11.9. The van der Waals surface area contributed by atoms with Crippen LogP contribution in [0.2, 0.25) is 10.0 Å². The highest BCUT2D eigenvalue weighted by Gasteiger charge is 2.43. The van der Waals surface area contributed by atoms with Gasteiger partial charge >= 0.3 is 5.97 Å². The number of H-pyrrole nitrogens is 1. The molecule has 0 radical (unpaired) electrons. The lowest BCUT2D eigenvalue weighted by Crippen LogP contribution is -2.55. The molecule has 1 aliphatic heterocycles. The maximum absolute atomic E-state index is 13.9. The van der Waals surface area contributed by atoms with Crippen LogP contribution in [0.4, 0.5) is 0 Å². The van der Waals surface area contributed by atoms with Gasteiger partial charge in [0.25, 0.3) is 0 Å². The number of amides is 2. The zero-order valence-corrected chi connectivity index (χ0v) is 22.8. The first-order valence-corrected chi connectivity index (χ1v) is 12.6. The average molecular weight is 542 g/mol. The van der Waals surface area contributed by atoms with Crippen LogP contribution < -0.4 is 5.32 Å². The van der Waals surface area contributed by atoms with Gasteiger partial charge in [0.05, 0.1) is 7.11 Å². The van der Waals surface area contributed by atoms with Gasteiger partial charge in [-0.05, 0) is 57.0 Å². The molecule has 1 aromatic heterocycles. The Balaban J connectivity index is 1.98. The van der Waals surface area contributed by atoms with Gasteiger partial charge in [-0.2, -0.15) is 0 Å². The zero-order valence-electron chi connectivity index (χ0n) is 21.3. The molecule has 0 fully saturated rings. The van der Waals surface area contributed by atoms with E-state index in [1.807, 2.05) is 52.0 Å². The van der Waals surface area contributed by atoms with Gasteiger partial charge < -0.3 is 19.9 Å². The van der Waals surface area contributed by atoms with Gasteiger partial charge in [-0.1, -0.05) is 47.5 Å². The minimum absolute atomic E-state index is 0.115. The highest BCUT2D eigenvalue weighted by atomic mass is 35.5. The van der Waals surface area contributed by atoms with Gasteiger partial charge in [-0.15, -0.1) is 0 Å². The number of halogens is 2. The summed E-state index contributed by atoms with van der Waals surface area (Å²) in [7, 11) is 1.26. The number of esters is 1. The number of carbonyl (C=O) groups is 3. The van der Waals surface area contributed by atoms with E-state index in [2.05, 4.69) is 10.3 Å². The van der Waals surface area contributed by atoms with E-state index in [-0.39, 0.29) is 22.0 Å². The third kappa shape index (κ3) is 5.24. The predicted molar refractivity (Wildman–Crippen MR) is 145 cm³/mol. The van der Waals surface area contributed by atoms with E-state index in [1.165, 1.54) is 18.1 Å². The van der Waals surface area contributed by atoms with Crippen LogP contribution in [0.3, 0.4) is 0 Å². The van der Waals surface area contributed by atoms with Crippen LogP contribution in [0.25, 0.3) is 16.5 Å². The summed E-state index contributed by atoms with van der Waals surface area (Å²) in [5, 5.41) is 4.25. The molecule has 9 heteroatoms. The largest absolute Gasteiger partial charge is 0.467 e. The van der Waals surface area contributed by atoms with Gasteiger partial charge in [-0.25, -0.2) is 4.79 Å². The lowest BCUT2D eigenvalue weighted by molar-refractivity contribution is -0.155. The smallest absolute Gasteiger partial charge is 0.328 e. The molecule has 0 unspecified atom stereocenters. The SMILES string of the molecule is COC(=O)[C@@H]1Cc2c([nH]c3ccccc23)/C(C)=C\C(=O)N1[C@H](C(=O)NC(C)(C)C)c1c(Cl)cccc1Cl. The van der Waals surface area contributed by atoms with Crippen LogP contribution in [0.15, 0.2) is 48.5 Å². The van der Waals surface area contributed by atoms with Crippen LogP contribution in [0.1, 0.15) is 50.6 Å². The highest BCUT2D eigenvalue weighted by molar-refractivity contribution is 6.36. The minimum atomic E-state index is -1.30. The number of ether oxygens (including phenoxy) is 1. The Morgan fingerprint density at radius 2 is 1.76 bits per heavy atom. The number of nitrogens with one attached hydrogen (secondary N) is 2. The van der Waals surface area contributed by atoms with Crippen molar-refractivity contribution < 1.29 is 19.1 Å². The van der Waals surface area contributed by atoms with E-state index >= 15 is 0 Å². The Kier molecular flexibility index (Phi) is 7.40. The Bertz CT molecular complexity index is 1400. The first-order chi connectivity index (χ1) is 17.4. The van der Waals surface area contributed by atoms with Crippen molar-refractivity contribution in [2.24, 2.45) is 0 Å². The van der Waals surface area contributed by atoms with E-state index in [4.69, 9.17) is 27.9 Å². The standard InChI is InChI=1S/C28H29Cl2N3O4/c1-15-13-22(34)33(25(26(35)32-28(2,3)4)23-18(29)10-8-11-19(23)30)21(27(36)37-5)14-17-16-9-6-7-12-20(16)31-24(15)17/h6-13,21,25,31H,14H2,1-5H3,(H,32,35)/b15-13-/t21-,25-/m0/s1. The van der Waals surface area contributed by atoms with E-state index in [9.17, 15) is 14.4 Å². The molecular weight excluding hydrogens is 513 g/mol. The average Bonchev–Trinajstić information content (AvgIpc) is 3.18. The molecule has 2 heterocycles. The fraction of sp³-hybridized carbons (Fsp3) is 0.321. The molecule has 2 atom stereocenters. The third-order valence-electron chi connectivity index (χ3n) is 6.31. The summed E-state index contributed by atoms with van der Waals surface area (Å²) >= 11 is 13.1. The molecule has 2 N–H and O–H groups in total. The van der Waals surface area contributed by atoms with Crippen LogP contribution in [-0.4, -0.2) is 46.4 Å². The molecule has 3 aromatic rings. The van der Waals surface area contributed by atoms with Gasteiger partial charge in [0, 0.05) is 50.2 Å². The summed E-state index contributed by atoms with van der Waals surface area (Å²) in [6.45, 7) is 7.29. The predicted octanol–water partition coefficient (Wildman–Crippen LogP) is 5.46. The number of aromatic amines is 1. The molecule has 0 spiro atoms. The molecule has 7 nitrogen and oxygen atoms in total. The Hall–Kier alpha value is -3.29. The minimum Gasteiger partial charge on any atom is -0.467 e. The fourth-order valence-corrected chi connectivity index (χ4v) is 5.38. The first kappa shape index (κ1) is 26.8. The number of hydrogen-bond donors (Lipinski definition) is 2. The van der Waals surface area contributed by atoms with E-state index in [0.717, 1.165) is 22.2 Å². The number of hydrogen-bond acceptors (Lipinski definition) is 4. The van der Waals surface area contributed by atoms with Crippen LogP contribution in [0.5, 0.6) is 0 Å². The summed E-state index contributed by atoms with van der Waals surface area (Å²) in [5.74, 6) is -1.72. The molecule has 2 aromatic carbocycles. The summed E-state index contributed by atoms with van der Waals surface area (Å²) in [4.78, 5) is 45.7. The van der Waals surface area contributed by atoms with Crippen molar-refractivity contribution in [2.75, 3.05) is 7.11 Å². The van der Waals surface area contributed by atoms with E-state index in [0.29, 0.717) is 5.57 Å². The fourth-order valence-electron chi connectivity index (χ4n) is 4.77. The quantitative estimate of drug-likeness (QED) is 0.429. The van der Waals surface area contributed by atoms with Crippen LogP contribution >= 0.6 is 23.2 Å². The van der Waals surface area contributed by atoms with Gasteiger partial charge in [-0.3, -0.25) is 9.59 Å². The number of methoxy groups -OCH3 is 1. The monoisotopic (exact) mass is 541 g/mol. The molecule has 1 aliphatic rings. The second-order valence-corrected chi connectivity index (χ2v) is 10.9. The second kappa shape index (κ2) is 10.2. The Morgan fingerprint density at radius 1 is 1.11 bits per heavy atom. The second-order valence-electron chi connectivity index (χ2n) is 10.1. The number of rotatable bonds is 4. The zero-order chi connectivity index (χ0) is 27.1. The summed E-state index contributed by atoms with van der Waals surface area (Å²) in [6.07, 6.45) is 1.54. The normalized spacial score (nSPS) is 18.4. The molecule has 0 aliphatic carbocycles. The van der Waals surface area contributed by atoms with E-state index < -0.39 is 35.4 Å². The molecule has 2 amide bonds. The number of allylic oxidation sites excluding steroid dienone is 1. The van der Waals surface area contributed by atoms with Crippen molar-refractivity contribution in [1.29, 1.82) is 0 Å². The number of para-hydroxylation sites is 1. The highest BCUT2D eigenvalue weighted by Crippen LogP contribution is 2.39. The Labute approximate surface area is 225 Å². The maximum atomic E-state index is 13.9. The van der Waals surface area contributed by atoms with Gasteiger partial charge in [0.2, 0.25) is 11.8 Å². The summed E-state index contributed by atoms with van der Waals surface area (Å²) in [6, 6.07) is 10.1. The van der Waals surface area contributed by atoms with Crippen molar-refractivity contribution in [3.05, 3.63) is 75.4 Å². The molecule has 0 saturated carbocycles. The Morgan fingerprint density at radius 3 is 2.38 bits per heavy atom. The van der Waals surface area contributed by atoms with Gasteiger partial charge in [0.15, 0.2) is 0 Å². The molecule has 0 saturated heterocycles. The number of carbonyl (C=O) groups excluding carboxylic acids is 3. The molecular formula is C28H29Cl2N3O4.